The molecule has 1 aliphatic rings. The highest BCUT2D eigenvalue weighted by atomic mass is 35.5. The summed E-state index contributed by atoms with van der Waals surface area (Å²) in [5, 5.41) is 0.281. The Morgan fingerprint density at radius 1 is 1.50 bits per heavy atom. The summed E-state index contributed by atoms with van der Waals surface area (Å²) < 4.78 is 47.6. The molecule has 0 bridgehead atoms. The number of hydrogen-bond acceptors (Lipinski definition) is 4. The fraction of sp³-hybridized carbons (Fsp3) is 0.600. The van der Waals surface area contributed by atoms with Crippen LogP contribution < -0.4 is 4.72 Å². The average Bonchev–Trinajstić information content (AvgIpc) is 2.50. The zero-order valence-corrected chi connectivity index (χ0v) is 15.6. The predicted molar refractivity (Wildman–Crippen MR) is 91.7 cm³/mol. The number of morpholine rings is 1. The summed E-state index contributed by atoms with van der Waals surface area (Å²) in [6.07, 6.45) is -0.0164. The quantitative estimate of drug-likeness (QED) is 0.816. The van der Waals surface area contributed by atoms with E-state index in [2.05, 4.69) is 4.72 Å². The second-order valence-corrected chi connectivity index (χ2v) is 8.34. The molecule has 0 spiro atoms. The molecule has 2 unspecified atom stereocenters. The molecule has 136 valence electrons. The number of ether oxygens (including phenoxy) is 1. The summed E-state index contributed by atoms with van der Waals surface area (Å²) in [4.78, 5) is 2.00. The molecule has 1 fully saturated rings. The third kappa shape index (κ3) is 4.65. The van der Waals surface area contributed by atoms with E-state index in [1.54, 1.807) is 6.07 Å². The summed E-state index contributed by atoms with van der Waals surface area (Å²) in [5.41, 5.74) is 0.301. The second-order valence-electron chi connectivity index (χ2n) is 5.96. The number of benzene rings is 1. The van der Waals surface area contributed by atoms with Gasteiger partial charge in [0, 0.05) is 44.3 Å². The van der Waals surface area contributed by atoms with E-state index in [1.807, 2.05) is 11.8 Å². The van der Waals surface area contributed by atoms with Crippen LogP contribution >= 0.6 is 11.6 Å². The summed E-state index contributed by atoms with van der Waals surface area (Å²) in [7, 11) is -0.750. The van der Waals surface area contributed by atoms with Crippen LogP contribution in [0.4, 0.5) is 4.39 Å². The Hall–Kier alpha value is -0.770. The first-order valence-electron chi connectivity index (χ1n) is 7.69. The molecule has 1 aromatic carbocycles. The maximum atomic E-state index is 14.4. The first kappa shape index (κ1) is 19.6. The van der Waals surface area contributed by atoms with Crippen LogP contribution in [-0.4, -0.2) is 64.1 Å². The van der Waals surface area contributed by atoms with Crippen molar-refractivity contribution in [3.8, 4) is 0 Å². The van der Waals surface area contributed by atoms with E-state index in [9.17, 15) is 12.8 Å². The topological polar surface area (TPSA) is 61.9 Å². The largest absolute Gasteiger partial charge is 0.376 e. The maximum Gasteiger partial charge on any atom is 0.278 e. The summed E-state index contributed by atoms with van der Waals surface area (Å²) >= 11 is 6.21. The molecule has 0 amide bonds. The Labute approximate surface area is 147 Å². The highest BCUT2D eigenvalue weighted by molar-refractivity contribution is 7.87. The van der Waals surface area contributed by atoms with Crippen molar-refractivity contribution in [3.05, 3.63) is 34.6 Å². The lowest BCUT2D eigenvalue weighted by Crippen LogP contribution is -2.48. The van der Waals surface area contributed by atoms with Gasteiger partial charge in [-0.25, -0.2) is 9.11 Å². The van der Waals surface area contributed by atoms with Crippen LogP contribution in [0.25, 0.3) is 0 Å². The number of nitrogens with one attached hydrogen (secondary N) is 1. The summed E-state index contributed by atoms with van der Waals surface area (Å²) in [5.74, 6) is -0.448. The zero-order chi connectivity index (χ0) is 17.9. The fourth-order valence-corrected chi connectivity index (χ4v) is 3.60. The van der Waals surface area contributed by atoms with Crippen molar-refractivity contribution in [2.45, 2.75) is 19.1 Å². The zero-order valence-electron chi connectivity index (χ0n) is 14.0. The molecule has 0 aromatic heterocycles. The Balaban J connectivity index is 2.31. The highest BCUT2D eigenvalue weighted by Gasteiger charge is 2.30. The van der Waals surface area contributed by atoms with Gasteiger partial charge in [-0.15, -0.1) is 0 Å². The first-order chi connectivity index (χ1) is 11.2. The van der Waals surface area contributed by atoms with E-state index < -0.39 is 22.1 Å². The maximum absolute atomic E-state index is 14.4. The van der Waals surface area contributed by atoms with Crippen LogP contribution in [0.5, 0.6) is 0 Å². The molecular weight excluding hydrogens is 357 g/mol. The Morgan fingerprint density at radius 3 is 2.79 bits per heavy atom. The molecule has 0 aliphatic carbocycles. The van der Waals surface area contributed by atoms with Gasteiger partial charge < -0.3 is 4.74 Å². The minimum Gasteiger partial charge on any atom is -0.376 e. The normalized spacial score (nSPS) is 21.2. The molecule has 1 saturated heterocycles. The molecular formula is C15H23ClFN3O3S. The van der Waals surface area contributed by atoms with Crippen molar-refractivity contribution < 1.29 is 17.5 Å². The van der Waals surface area contributed by atoms with Crippen molar-refractivity contribution in [1.82, 2.24) is 13.9 Å². The van der Waals surface area contributed by atoms with E-state index in [1.165, 1.54) is 26.2 Å². The van der Waals surface area contributed by atoms with Crippen LogP contribution in [0.3, 0.4) is 0 Å². The predicted octanol–water partition coefficient (Wildman–Crippen LogP) is 1.64. The van der Waals surface area contributed by atoms with Gasteiger partial charge in [0.2, 0.25) is 0 Å². The monoisotopic (exact) mass is 379 g/mol. The lowest BCUT2D eigenvalue weighted by Gasteiger charge is -2.38. The van der Waals surface area contributed by atoms with Crippen molar-refractivity contribution in [3.63, 3.8) is 0 Å². The number of rotatable bonds is 6. The van der Waals surface area contributed by atoms with Crippen LogP contribution in [-0.2, 0) is 14.9 Å². The van der Waals surface area contributed by atoms with E-state index >= 15 is 0 Å². The van der Waals surface area contributed by atoms with Gasteiger partial charge in [-0.3, -0.25) is 4.90 Å². The van der Waals surface area contributed by atoms with E-state index in [0.29, 0.717) is 25.3 Å². The van der Waals surface area contributed by atoms with E-state index in [0.717, 1.165) is 4.31 Å². The lowest BCUT2D eigenvalue weighted by atomic mass is 10.0. The van der Waals surface area contributed by atoms with Crippen LogP contribution in [0, 0.1) is 5.82 Å². The SMILES string of the molecule is CC1CN(C(CNS(=O)(=O)N(C)C)c2c(F)cccc2Cl)CCO1. The van der Waals surface area contributed by atoms with Crippen molar-refractivity contribution in [2.75, 3.05) is 40.3 Å². The average molecular weight is 380 g/mol. The van der Waals surface area contributed by atoms with Gasteiger partial charge in [0.05, 0.1) is 18.8 Å². The van der Waals surface area contributed by atoms with Gasteiger partial charge in [-0.05, 0) is 19.1 Å². The number of halogens is 2. The smallest absolute Gasteiger partial charge is 0.278 e. The van der Waals surface area contributed by atoms with Gasteiger partial charge in [0.1, 0.15) is 5.82 Å². The van der Waals surface area contributed by atoms with Crippen molar-refractivity contribution in [1.29, 1.82) is 0 Å². The standard InChI is InChI=1S/C15H23ClFN3O3S/c1-11-10-20(7-8-23-11)14(9-18-24(21,22)19(2)3)15-12(16)5-4-6-13(15)17/h4-6,11,14,18H,7-10H2,1-3H3. The molecule has 2 rings (SSSR count). The molecule has 6 nitrogen and oxygen atoms in total. The highest BCUT2D eigenvalue weighted by Crippen LogP contribution is 2.31. The second kappa shape index (κ2) is 8.07. The lowest BCUT2D eigenvalue weighted by molar-refractivity contribution is -0.0342. The molecule has 1 aromatic rings. The Bertz CT molecular complexity index is 652. The molecule has 2 atom stereocenters. The third-order valence-electron chi connectivity index (χ3n) is 3.99. The van der Waals surface area contributed by atoms with Gasteiger partial charge in [-0.1, -0.05) is 17.7 Å². The van der Waals surface area contributed by atoms with Gasteiger partial charge in [0.15, 0.2) is 0 Å². The van der Waals surface area contributed by atoms with Gasteiger partial charge >= 0.3 is 0 Å². The molecule has 0 radical (unpaired) electrons. The van der Waals surface area contributed by atoms with E-state index in [-0.39, 0.29) is 17.7 Å². The number of nitrogens with zero attached hydrogens (tertiary/aromatic N) is 2. The minimum atomic E-state index is -3.62. The fourth-order valence-electron chi connectivity index (χ4n) is 2.68. The molecule has 24 heavy (non-hydrogen) atoms. The van der Waals surface area contributed by atoms with Crippen LogP contribution in [0.15, 0.2) is 18.2 Å². The third-order valence-corrected chi connectivity index (χ3v) is 5.81. The number of hydrogen-bond donors (Lipinski definition) is 1. The Kier molecular flexibility index (Phi) is 6.58. The molecule has 9 heteroatoms. The summed E-state index contributed by atoms with van der Waals surface area (Å²) in [6.45, 7) is 3.59. The molecule has 1 aliphatic heterocycles. The summed E-state index contributed by atoms with van der Waals surface area (Å²) in [6, 6.07) is 3.96. The molecule has 1 heterocycles. The van der Waals surface area contributed by atoms with Crippen LogP contribution in [0.1, 0.15) is 18.5 Å². The minimum absolute atomic E-state index is 0.0164. The van der Waals surface area contributed by atoms with Gasteiger partial charge in [0.25, 0.3) is 10.2 Å². The van der Waals surface area contributed by atoms with E-state index in [4.69, 9.17) is 16.3 Å². The molecule has 0 saturated carbocycles. The Morgan fingerprint density at radius 2 is 2.21 bits per heavy atom. The van der Waals surface area contributed by atoms with Crippen LogP contribution in [0.2, 0.25) is 5.02 Å². The molecule has 1 N–H and O–H groups in total. The van der Waals surface area contributed by atoms with Crippen molar-refractivity contribution >= 4 is 21.8 Å². The van der Waals surface area contributed by atoms with Crippen molar-refractivity contribution in [2.24, 2.45) is 0 Å². The van der Waals surface area contributed by atoms with Gasteiger partial charge in [-0.2, -0.15) is 12.7 Å². The first-order valence-corrected chi connectivity index (χ1v) is 9.51.